The second-order valence-electron chi connectivity index (χ2n) is 11.6. The van der Waals surface area contributed by atoms with Crippen LogP contribution >= 0.6 is 0 Å². The smallest absolute Gasteiger partial charge is 0.306 e. The maximum atomic E-state index is 11.1. The molecule has 0 aliphatic rings. The van der Waals surface area contributed by atoms with Gasteiger partial charge in [-0.15, -0.1) is 0 Å². The van der Waals surface area contributed by atoms with Gasteiger partial charge in [-0.05, 0) is 38.5 Å². The first-order valence-corrected chi connectivity index (χ1v) is 17.6. The van der Waals surface area contributed by atoms with E-state index in [2.05, 4.69) is 43.4 Å². The highest BCUT2D eigenvalue weighted by molar-refractivity contribution is 5.69. The van der Waals surface area contributed by atoms with Crippen molar-refractivity contribution in [2.24, 2.45) is 5.92 Å². The van der Waals surface area contributed by atoms with E-state index in [0.717, 1.165) is 32.1 Å². The number of carbonyl (C=O) groups is 1. The fraction of sp³-hybridized carbons (Fsp3) is 0.625. The monoisotopic (exact) mass is 579 g/mol. The zero-order valence-electron chi connectivity index (χ0n) is 27.6. The third kappa shape index (κ3) is 32.2. The summed E-state index contributed by atoms with van der Waals surface area (Å²) in [6, 6.07) is 0. The number of unbranched alkanes of at least 4 members (excludes halogenated alkanes) is 17. The molecule has 0 saturated heterocycles. The van der Waals surface area contributed by atoms with Gasteiger partial charge in [0.05, 0.1) is 5.92 Å². The van der Waals surface area contributed by atoms with Crippen molar-refractivity contribution in [2.75, 3.05) is 0 Å². The molecule has 1 N–H and O–H groups in total. The van der Waals surface area contributed by atoms with Gasteiger partial charge in [-0.25, -0.2) is 0 Å². The summed E-state index contributed by atoms with van der Waals surface area (Å²) in [4.78, 5) is 11.1. The van der Waals surface area contributed by atoms with Crippen molar-refractivity contribution in [1.29, 1.82) is 0 Å². The van der Waals surface area contributed by atoms with Gasteiger partial charge in [0.2, 0.25) is 0 Å². The molecule has 1 unspecified atom stereocenters. The summed E-state index contributed by atoms with van der Waals surface area (Å²) in [5.41, 5.74) is 0. The fourth-order valence-electron chi connectivity index (χ4n) is 5.02. The van der Waals surface area contributed by atoms with Crippen molar-refractivity contribution in [3.63, 3.8) is 0 Å². The number of carboxylic acid groups (broad SMARTS) is 1. The Bertz CT molecular complexity index is 777. The molecule has 0 aliphatic carbocycles. The summed E-state index contributed by atoms with van der Waals surface area (Å²) in [5, 5.41) is 9.17. The number of rotatable bonds is 30. The van der Waals surface area contributed by atoms with E-state index in [0.29, 0.717) is 0 Å². The summed E-state index contributed by atoms with van der Waals surface area (Å²) in [7, 11) is 0. The Kier molecular flexibility index (Phi) is 32.9. The van der Waals surface area contributed by atoms with Gasteiger partial charge in [0, 0.05) is 0 Å². The van der Waals surface area contributed by atoms with Crippen molar-refractivity contribution < 1.29 is 9.90 Å². The Hall–Kier alpha value is -2.35. The Labute approximate surface area is 261 Å². The highest BCUT2D eigenvalue weighted by Crippen LogP contribution is 2.16. The second-order valence-corrected chi connectivity index (χ2v) is 11.6. The molecule has 1 atom stereocenters. The maximum absolute atomic E-state index is 11.1. The molecule has 0 bridgehead atoms. The normalized spacial score (nSPS) is 13.6. The van der Waals surface area contributed by atoms with Gasteiger partial charge in [-0.1, -0.05) is 202 Å². The van der Waals surface area contributed by atoms with E-state index in [9.17, 15) is 9.90 Å². The summed E-state index contributed by atoms with van der Waals surface area (Å²) in [5.74, 6) is -0.842. The van der Waals surface area contributed by atoms with E-state index in [-0.39, 0.29) is 5.92 Å². The molecule has 238 valence electrons. The van der Waals surface area contributed by atoms with Crippen LogP contribution in [0.15, 0.2) is 85.1 Å². The number of allylic oxidation sites excluding steroid dienone is 14. The minimum atomic E-state index is -0.655. The van der Waals surface area contributed by atoms with E-state index in [1.807, 2.05) is 55.5 Å². The molecule has 0 radical (unpaired) electrons. The Morgan fingerprint density at radius 3 is 1.12 bits per heavy atom. The van der Waals surface area contributed by atoms with E-state index in [4.69, 9.17) is 0 Å². The van der Waals surface area contributed by atoms with Crippen LogP contribution < -0.4 is 0 Å². The highest BCUT2D eigenvalue weighted by atomic mass is 16.4. The third-order valence-electron chi connectivity index (χ3n) is 7.63. The lowest BCUT2D eigenvalue weighted by atomic mass is 9.97. The van der Waals surface area contributed by atoms with Crippen molar-refractivity contribution in [1.82, 2.24) is 0 Å². The topological polar surface area (TPSA) is 37.3 Å². The lowest BCUT2D eigenvalue weighted by molar-refractivity contribution is -0.142. The van der Waals surface area contributed by atoms with Crippen LogP contribution in [-0.4, -0.2) is 11.1 Å². The molecule has 0 aromatic heterocycles. The van der Waals surface area contributed by atoms with Gasteiger partial charge in [0.15, 0.2) is 0 Å². The van der Waals surface area contributed by atoms with E-state index in [1.54, 1.807) is 0 Å². The SMILES string of the molecule is CCCCCCCCCCCCCCCCCC/C=C/C=C/C=C/C=C/C=C/C=C/C=C/CCCC(CCC)C(=O)O. The average Bonchev–Trinajstić information content (AvgIpc) is 2.98. The maximum Gasteiger partial charge on any atom is 0.306 e. The quantitative estimate of drug-likeness (QED) is 0.0680. The number of hydrogen-bond acceptors (Lipinski definition) is 1. The van der Waals surface area contributed by atoms with Crippen molar-refractivity contribution in [3.8, 4) is 0 Å². The molecule has 0 heterocycles. The van der Waals surface area contributed by atoms with E-state index < -0.39 is 5.97 Å². The van der Waals surface area contributed by atoms with Crippen LogP contribution in [0.5, 0.6) is 0 Å². The minimum absolute atomic E-state index is 0.187. The van der Waals surface area contributed by atoms with Crippen LogP contribution in [0, 0.1) is 5.92 Å². The van der Waals surface area contributed by atoms with Crippen LogP contribution in [0.25, 0.3) is 0 Å². The van der Waals surface area contributed by atoms with Crippen LogP contribution in [0.3, 0.4) is 0 Å². The van der Waals surface area contributed by atoms with Crippen molar-refractivity contribution >= 4 is 5.97 Å². The molecule has 0 aromatic carbocycles. The standard InChI is InChI=1S/C40H66O2/c1-3-5-6-7-8-9-10-11-12-13-14-15-16-17-18-19-20-21-22-23-24-25-26-27-28-29-30-31-32-33-34-35-36-38-39(37-4-2)40(41)42/h21-34,39H,3-20,35-38H2,1-2H3,(H,41,42)/b22-21+,24-23+,26-25+,28-27+,30-29+,32-31+,34-33+. The molecule has 0 aliphatic heterocycles. The van der Waals surface area contributed by atoms with E-state index >= 15 is 0 Å². The van der Waals surface area contributed by atoms with Crippen molar-refractivity contribution in [3.05, 3.63) is 85.1 Å². The summed E-state index contributed by atoms with van der Waals surface area (Å²) in [6.45, 7) is 4.33. The molecule has 0 spiro atoms. The van der Waals surface area contributed by atoms with Crippen molar-refractivity contribution in [2.45, 2.75) is 155 Å². The van der Waals surface area contributed by atoms with Gasteiger partial charge in [0.1, 0.15) is 0 Å². The van der Waals surface area contributed by atoms with Gasteiger partial charge in [-0.2, -0.15) is 0 Å². The molecule has 0 amide bonds. The lowest BCUT2D eigenvalue weighted by Crippen LogP contribution is -2.13. The van der Waals surface area contributed by atoms with Crippen LogP contribution in [-0.2, 0) is 4.79 Å². The zero-order chi connectivity index (χ0) is 30.6. The molecule has 42 heavy (non-hydrogen) atoms. The van der Waals surface area contributed by atoms with Gasteiger partial charge in [0.25, 0.3) is 0 Å². The lowest BCUT2D eigenvalue weighted by Gasteiger charge is -2.09. The first-order valence-electron chi connectivity index (χ1n) is 17.6. The predicted molar refractivity (Wildman–Crippen MR) is 188 cm³/mol. The number of aliphatic carboxylic acids is 1. The first kappa shape index (κ1) is 39.6. The number of hydrogen-bond donors (Lipinski definition) is 1. The highest BCUT2D eigenvalue weighted by Gasteiger charge is 2.14. The molecule has 0 aromatic rings. The Balaban J connectivity index is 3.56. The van der Waals surface area contributed by atoms with Gasteiger partial charge in [-0.3, -0.25) is 4.79 Å². The molecule has 0 rings (SSSR count). The van der Waals surface area contributed by atoms with Crippen LogP contribution in [0.1, 0.15) is 155 Å². The second kappa shape index (κ2) is 34.8. The van der Waals surface area contributed by atoms with Crippen LogP contribution in [0.4, 0.5) is 0 Å². The van der Waals surface area contributed by atoms with E-state index in [1.165, 1.54) is 109 Å². The summed E-state index contributed by atoms with van der Waals surface area (Å²) < 4.78 is 0. The minimum Gasteiger partial charge on any atom is -0.481 e. The Morgan fingerprint density at radius 1 is 0.429 bits per heavy atom. The predicted octanol–water partition coefficient (Wildman–Crippen LogP) is 13.2. The molecule has 0 saturated carbocycles. The number of carboxylic acids is 1. The molecule has 2 nitrogen and oxygen atoms in total. The molecular formula is C40H66O2. The largest absolute Gasteiger partial charge is 0.481 e. The van der Waals surface area contributed by atoms with Gasteiger partial charge < -0.3 is 5.11 Å². The summed E-state index contributed by atoms with van der Waals surface area (Å²) in [6.07, 6.45) is 57.2. The summed E-state index contributed by atoms with van der Waals surface area (Å²) >= 11 is 0. The first-order chi connectivity index (χ1) is 20.7. The zero-order valence-corrected chi connectivity index (χ0v) is 27.6. The Morgan fingerprint density at radius 2 is 0.762 bits per heavy atom. The van der Waals surface area contributed by atoms with Crippen LogP contribution in [0.2, 0.25) is 0 Å². The van der Waals surface area contributed by atoms with Gasteiger partial charge >= 0.3 is 5.97 Å². The molecule has 2 heteroatoms. The molecule has 0 fully saturated rings. The third-order valence-corrected chi connectivity index (χ3v) is 7.63. The molecular weight excluding hydrogens is 512 g/mol. The average molecular weight is 579 g/mol. The fourth-order valence-corrected chi connectivity index (χ4v) is 5.02.